The Bertz CT molecular complexity index is 1230. The molecule has 3 heterocycles. The topological polar surface area (TPSA) is 72.0 Å². The first-order chi connectivity index (χ1) is 14.2. The lowest BCUT2D eigenvalue weighted by atomic mass is 10.0. The second kappa shape index (κ2) is 6.94. The van der Waals surface area contributed by atoms with E-state index in [2.05, 4.69) is 20.3 Å². The number of fused-ring (bicyclic) bond motifs is 2. The van der Waals surface area contributed by atoms with Crippen LogP contribution in [0.3, 0.4) is 0 Å². The molecular formula is C22H15FN5O. The molecule has 3 aromatic rings. The van der Waals surface area contributed by atoms with Crippen molar-refractivity contribution >= 4 is 34.3 Å². The van der Waals surface area contributed by atoms with Crippen LogP contribution in [0.5, 0.6) is 0 Å². The summed E-state index contributed by atoms with van der Waals surface area (Å²) in [5, 5.41) is 4.84. The van der Waals surface area contributed by atoms with Gasteiger partial charge < -0.3 is 4.90 Å². The summed E-state index contributed by atoms with van der Waals surface area (Å²) in [6.45, 7) is 0.493. The van der Waals surface area contributed by atoms with E-state index in [0.717, 1.165) is 27.7 Å². The predicted octanol–water partition coefficient (Wildman–Crippen LogP) is 3.77. The fraction of sp³-hybridized carbons (Fsp3) is 0.0909. The molecule has 2 amide bonds. The molecule has 0 saturated carbocycles. The molecule has 2 aliphatic heterocycles. The van der Waals surface area contributed by atoms with Crippen LogP contribution in [0.1, 0.15) is 11.1 Å². The number of hydrogen-bond acceptors (Lipinski definition) is 4. The van der Waals surface area contributed by atoms with Gasteiger partial charge in [-0.2, -0.15) is 10.3 Å². The average molecular weight is 384 g/mol. The molecule has 29 heavy (non-hydrogen) atoms. The number of benzene rings is 2. The second-order valence-corrected chi connectivity index (χ2v) is 6.70. The van der Waals surface area contributed by atoms with Crippen LogP contribution in [0, 0.1) is 5.82 Å². The Balaban J connectivity index is 1.57. The van der Waals surface area contributed by atoms with Crippen molar-refractivity contribution in [3.63, 3.8) is 0 Å². The van der Waals surface area contributed by atoms with Gasteiger partial charge in [-0.15, -0.1) is 0 Å². The van der Waals surface area contributed by atoms with Crippen molar-refractivity contribution in [1.29, 1.82) is 0 Å². The molecule has 0 saturated heterocycles. The SMILES string of the molecule is O=C1[N]C2=NC=C(c3cccc4ncccc34)N(CCc3cccc(F)c3)C2=N1. The van der Waals surface area contributed by atoms with Gasteiger partial charge in [0.2, 0.25) is 5.84 Å². The smallest absolute Gasteiger partial charge is 0.321 e. The molecule has 0 fully saturated rings. The summed E-state index contributed by atoms with van der Waals surface area (Å²) >= 11 is 0. The zero-order valence-corrected chi connectivity index (χ0v) is 15.3. The van der Waals surface area contributed by atoms with Gasteiger partial charge in [0, 0.05) is 23.7 Å². The van der Waals surface area contributed by atoms with Gasteiger partial charge in [0.15, 0.2) is 5.84 Å². The van der Waals surface area contributed by atoms with Crippen LogP contribution >= 0.6 is 0 Å². The van der Waals surface area contributed by atoms with Gasteiger partial charge in [-0.1, -0.05) is 30.3 Å². The van der Waals surface area contributed by atoms with Crippen LogP contribution in [0.4, 0.5) is 9.18 Å². The van der Waals surface area contributed by atoms with Crippen LogP contribution in [0.25, 0.3) is 16.6 Å². The number of aromatic nitrogens is 1. The Morgan fingerprint density at radius 3 is 2.83 bits per heavy atom. The van der Waals surface area contributed by atoms with Crippen molar-refractivity contribution < 1.29 is 9.18 Å². The molecular weight excluding hydrogens is 369 g/mol. The number of rotatable bonds is 4. The molecule has 1 aromatic heterocycles. The summed E-state index contributed by atoms with van der Waals surface area (Å²) in [5.41, 5.74) is 3.45. The fourth-order valence-electron chi connectivity index (χ4n) is 3.58. The highest BCUT2D eigenvalue weighted by Crippen LogP contribution is 2.30. The van der Waals surface area contributed by atoms with Crippen molar-refractivity contribution in [2.75, 3.05) is 6.54 Å². The summed E-state index contributed by atoms with van der Waals surface area (Å²) in [4.78, 5) is 26.5. The molecule has 0 bridgehead atoms. The average Bonchev–Trinajstić information content (AvgIpc) is 3.12. The first-order valence-electron chi connectivity index (χ1n) is 9.18. The summed E-state index contributed by atoms with van der Waals surface area (Å²) in [7, 11) is 0. The first kappa shape index (κ1) is 17.2. The van der Waals surface area contributed by atoms with Gasteiger partial charge in [-0.25, -0.2) is 14.2 Å². The van der Waals surface area contributed by atoms with Gasteiger partial charge in [0.25, 0.3) is 0 Å². The number of hydrogen-bond donors (Lipinski definition) is 0. The Labute approximate surface area is 166 Å². The minimum Gasteiger partial charge on any atom is -0.321 e. The van der Waals surface area contributed by atoms with Crippen LogP contribution < -0.4 is 5.32 Å². The second-order valence-electron chi connectivity index (χ2n) is 6.70. The van der Waals surface area contributed by atoms with E-state index in [9.17, 15) is 9.18 Å². The van der Waals surface area contributed by atoms with E-state index in [4.69, 9.17) is 0 Å². The van der Waals surface area contributed by atoms with Gasteiger partial charge >= 0.3 is 6.03 Å². The highest BCUT2D eigenvalue weighted by Gasteiger charge is 2.33. The third-order valence-electron chi connectivity index (χ3n) is 4.89. The monoisotopic (exact) mass is 384 g/mol. The van der Waals surface area contributed by atoms with Gasteiger partial charge in [0.05, 0.1) is 17.4 Å². The molecule has 5 rings (SSSR count). The van der Waals surface area contributed by atoms with Crippen molar-refractivity contribution in [2.24, 2.45) is 9.98 Å². The zero-order chi connectivity index (χ0) is 19.8. The quantitative estimate of drug-likeness (QED) is 0.687. The maximum Gasteiger partial charge on any atom is 0.371 e. The van der Waals surface area contributed by atoms with Crippen LogP contribution in [-0.4, -0.2) is 34.1 Å². The number of amidine groups is 2. The normalized spacial score (nSPS) is 15.6. The van der Waals surface area contributed by atoms with Crippen LogP contribution in [-0.2, 0) is 6.42 Å². The molecule has 0 atom stereocenters. The molecule has 6 nitrogen and oxygen atoms in total. The number of urea groups is 1. The Kier molecular flexibility index (Phi) is 4.13. The molecule has 0 N–H and O–H groups in total. The largest absolute Gasteiger partial charge is 0.371 e. The van der Waals surface area contributed by atoms with Crippen molar-refractivity contribution in [3.8, 4) is 0 Å². The summed E-state index contributed by atoms with van der Waals surface area (Å²) in [5.74, 6) is 0.448. The van der Waals surface area contributed by atoms with Gasteiger partial charge in [-0.05, 0) is 36.2 Å². The van der Waals surface area contributed by atoms with Crippen molar-refractivity contribution in [2.45, 2.75) is 6.42 Å². The van der Waals surface area contributed by atoms with E-state index in [0.29, 0.717) is 24.6 Å². The molecule has 0 unspecified atom stereocenters. The zero-order valence-electron chi connectivity index (χ0n) is 15.3. The summed E-state index contributed by atoms with van der Waals surface area (Å²) in [6, 6.07) is 15.7. The predicted molar refractivity (Wildman–Crippen MR) is 109 cm³/mol. The summed E-state index contributed by atoms with van der Waals surface area (Å²) in [6.07, 6.45) is 4.01. The van der Waals surface area contributed by atoms with Crippen molar-refractivity contribution in [3.05, 3.63) is 83.9 Å². The maximum atomic E-state index is 13.6. The Morgan fingerprint density at radius 1 is 1.03 bits per heavy atom. The van der Waals surface area contributed by atoms with Crippen molar-refractivity contribution in [1.82, 2.24) is 15.2 Å². The minimum absolute atomic E-state index is 0.275. The number of halogens is 1. The number of amides is 2. The molecule has 7 heteroatoms. The highest BCUT2D eigenvalue weighted by atomic mass is 19.1. The van der Waals surface area contributed by atoms with Gasteiger partial charge in [0.1, 0.15) is 5.82 Å². The first-order valence-corrected chi connectivity index (χ1v) is 9.18. The number of aliphatic imine (C=N–C) groups is 2. The van der Waals surface area contributed by atoms with Gasteiger partial charge in [-0.3, -0.25) is 4.98 Å². The maximum absolute atomic E-state index is 13.6. The molecule has 2 aliphatic rings. The third-order valence-corrected chi connectivity index (χ3v) is 4.89. The van der Waals surface area contributed by atoms with E-state index in [1.165, 1.54) is 12.1 Å². The number of carbonyl (C=O) groups excluding carboxylic acids is 1. The van der Waals surface area contributed by atoms with Crippen LogP contribution in [0.2, 0.25) is 0 Å². The lowest BCUT2D eigenvalue weighted by molar-refractivity contribution is 0.253. The Morgan fingerprint density at radius 2 is 1.93 bits per heavy atom. The Hall–Kier alpha value is -3.87. The number of nitrogens with zero attached hydrogens (tertiary/aromatic N) is 5. The van der Waals surface area contributed by atoms with E-state index < -0.39 is 6.03 Å². The number of pyridine rings is 1. The van der Waals surface area contributed by atoms with E-state index in [1.54, 1.807) is 18.5 Å². The number of carbonyl (C=O) groups is 1. The van der Waals surface area contributed by atoms with E-state index >= 15 is 0 Å². The minimum atomic E-state index is -0.566. The van der Waals surface area contributed by atoms with Crippen LogP contribution in [0.15, 0.2) is 77.0 Å². The summed E-state index contributed by atoms with van der Waals surface area (Å²) < 4.78 is 13.6. The molecule has 1 radical (unpaired) electrons. The molecule has 141 valence electrons. The highest BCUT2D eigenvalue weighted by molar-refractivity contribution is 6.49. The van der Waals surface area contributed by atoms with E-state index in [-0.39, 0.29) is 5.82 Å². The van der Waals surface area contributed by atoms with E-state index in [1.807, 2.05) is 41.3 Å². The standard InChI is InChI=1S/C22H15FN5O/c23-15-5-1-4-14(12-15)9-11-28-19(13-25-20-21(28)27-22(29)26-20)17-6-2-8-18-16(17)7-3-10-24-18/h1-8,10,12-13H,9,11H2. The lowest BCUT2D eigenvalue weighted by Gasteiger charge is -2.29. The fourth-order valence-corrected chi connectivity index (χ4v) is 3.58. The third kappa shape index (κ3) is 3.16. The molecule has 2 aromatic carbocycles. The lowest BCUT2D eigenvalue weighted by Crippen LogP contribution is -2.39. The molecule has 0 aliphatic carbocycles. The molecule has 0 spiro atoms.